The van der Waals surface area contributed by atoms with Crippen molar-refractivity contribution in [2.75, 3.05) is 32.1 Å². The highest BCUT2D eigenvalue weighted by Crippen LogP contribution is 2.37. The van der Waals surface area contributed by atoms with Crippen molar-refractivity contribution in [3.8, 4) is 17.2 Å². The lowest BCUT2D eigenvalue weighted by atomic mass is 10.0. The molecule has 1 aliphatic rings. The molecule has 3 N–H and O–H groups in total. The second-order valence-corrected chi connectivity index (χ2v) is 8.04. The second kappa shape index (κ2) is 9.58. The van der Waals surface area contributed by atoms with Crippen molar-refractivity contribution in [2.45, 2.75) is 19.3 Å². The third-order valence-electron chi connectivity index (χ3n) is 5.51. The number of rotatable bonds is 8. The van der Waals surface area contributed by atoms with Gasteiger partial charge in [-0.2, -0.15) is 0 Å². The van der Waals surface area contributed by atoms with Gasteiger partial charge in [-0.3, -0.25) is 4.98 Å². The maximum atomic E-state index is 14.3. The molecule has 0 bridgehead atoms. The van der Waals surface area contributed by atoms with Gasteiger partial charge in [0.2, 0.25) is 0 Å². The molecule has 2 heterocycles. The smallest absolute Gasteiger partial charge is 0.163 e. The van der Waals surface area contributed by atoms with Crippen LogP contribution in [0.4, 0.5) is 15.8 Å². The topological polar surface area (TPSA) is 75.6 Å². The number of phenolic OH excluding ortho intramolecular Hbond substituents is 1. The minimum Gasteiger partial charge on any atom is -0.506 e. The summed E-state index contributed by atoms with van der Waals surface area (Å²) in [7, 11) is 1.58. The zero-order valence-corrected chi connectivity index (χ0v) is 18.0. The molecular weight excluding hydrogens is 421 g/mol. The monoisotopic (exact) mass is 445 g/mol. The molecule has 164 valence electrons. The molecule has 1 fully saturated rings. The number of aromatic nitrogens is 1. The summed E-state index contributed by atoms with van der Waals surface area (Å²) in [5.41, 5.74) is 1.40. The lowest BCUT2D eigenvalue weighted by Gasteiger charge is -2.15. The lowest BCUT2D eigenvalue weighted by molar-refractivity contribution is 0.278. The van der Waals surface area contributed by atoms with E-state index in [9.17, 15) is 9.50 Å². The van der Waals surface area contributed by atoms with Crippen molar-refractivity contribution in [1.82, 2.24) is 10.3 Å². The Hall–Kier alpha value is -2.77. The number of fused-ring (bicyclic) bond motifs is 1. The highest BCUT2D eigenvalue weighted by molar-refractivity contribution is 6.32. The van der Waals surface area contributed by atoms with E-state index in [0.717, 1.165) is 43.3 Å². The van der Waals surface area contributed by atoms with Crippen LogP contribution in [0.25, 0.3) is 10.9 Å². The largest absolute Gasteiger partial charge is 0.506 e. The summed E-state index contributed by atoms with van der Waals surface area (Å²) in [4.78, 5) is 4.42. The van der Waals surface area contributed by atoms with Crippen LogP contribution >= 0.6 is 11.6 Å². The van der Waals surface area contributed by atoms with Crippen molar-refractivity contribution in [3.63, 3.8) is 0 Å². The Morgan fingerprint density at radius 2 is 2.13 bits per heavy atom. The maximum Gasteiger partial charge on any atom is 0.163 e. The van der Waals surface area contributed by atoms with Crippen molar-refractivity contribution in [2.24, 2.45) is 5.92 Å². The first-order chi connectivity index (χ1) is 15.0. The van der Waals surface area contributed by atoms with E-state index in [0.29, 0.717) is 29.3 Å². The molecule has 1 aromatic heterocycles. The van der Waals surface area contributed by atoms with Crippen LogP contribution in [0.5, 0.6) is 17.2 Å². The Balaban J connectivity index is 1.54. The zero-order valence-electron chi connectivity index (χ0n) is 17.3. The minimum atomic E-state index is -0.572. The maximum absolute atomic E-state index is 14.3. The second-order valence-electron chi connectivity index (χ2n) is 7.64. The van der Waals surface area contributed by atoms with E-state index >= 15 is 0 Å². The Kier molecular flexibility index (Phi) is 6.63. The van der Waals surface area contributed by atoms with Crippen molar-refractivity contribution in [3.05, 3.63) is 47.4 Å². The normalized spacial score (nSPS) is 15.9. The van der Waals surface area contributed by atoms with Crippen molar-refractivity contribution < 1.29 is 19.0 Å². The highest BCUT2D eigenvalue weighted by atomic mass is 35.5. The van der Waals surface area contributed by atoms with Crippen LogP contribution in [0.2, 0.25) is 5.02 Å². The predicted molar refractivity (Wildman–Crippen MR) is 120 cm³/mol. The summed E-state index contributed by atoms with van der Waals surface area (Å²) in [6.45, 7) is 2.79. The predicted octanol–water partition coefficient (Wildman–Crippen LogP) is 5.25. The Bertz CT molecular complexity index is 1070. The van der Waals surface area contributed by atoms with E-state index in [4.69, 9.17) is 21.1 Å². The first-order valence-corrected chi connectivity index (χ1v) is 10.7. The average Bonchev–Trinajstić information content (AvgIpc) is 3.28. The summed E-state index contributed by atoms with van der Waals surface area (Å²) in [6.07, 6.45) is 4.96. The third-order valence-corrected chi connectivity index (χ3v) is 5.81. The van der Waals surface area contributed by atoms with Gasteiger partial charge in [0.1, 0.15) is 11.6 Å². The van der Waals surface area contributed by atoms with Gasteiger partial charge in [0.25, 0.3) is 0 Å². The number of phenols is 1. The van der Waals surface area contributed by atoms with Crippen molar-refractivity contribution >= 4 is 33.9 Å². The van der Waals surface area contributed by atoms with Crippen LogP contribution in [-0.4, -0.2) is 36.9 Å². The highest BCUT2D eigenvalue weighted by Gasteiger charge is 2.15. The fourth-order valence-electron chi connectivity index (χ4n) is 3.83. The fourth-order valence-corrected chi connectivity index (χ4v) is 3.98. The Morgan fingerprint density at radius 3 is 2.90 bits per heavy atom. The molecule has 0 saturated carbocycles. The number of nitrogens with one attached hydrogen (secondary N) is 2. The molecule has 1 unspecified atom stereocenters. The molecule has 4 rings (SSSR count). The summed E-state index contributed by atoms with van der Waals surface area (Å²) in [5, 5.41) is 16.9. The molecule has 1 atom stereocenters. The summed E-state index contributed by atoms with van der Waals surface area (Å²) < 4.78 is 25.8. The van der Waals surface area contributed by atoms with Crippen molar-refractivity contribution in [1.29, 1.82) is 0 Å². The number of hydrogen-bond acceptors (Lipinski definition) is 6. The third kappa shape index (κ3) is 4.94. The van der Waals surface area contributed by atoms with Gasteiger partial charge in [0, 0.05) is 29.4 Å². The van der Waals surface area contributed by atoms with E-state index in [1.165, 1.54) is 12.5 Å². The van der Waals surface area contributed by atoms with Crippen LogP contribution in [0, 0.1) is 11.7 Å². The van der Waals surface area contributed by atoms with E-state index in [-0.39, 0.29) is 16.5 Å². The molecule has 0 aliphatic carbocycles. The summed E-state index contributed by atoms with van der Waals surface area (Å²) in [5.74, 6) is 1.15. The van der Waals surface area contributed by atoms with Gasteiger partial charge in [-0.25, -0.2) is 4.39 Å². The first-order valence-electron chi connectivity index (χ1n) is 10.3. The number of anilines is 2. The van der Waals surface area contributed by atoms with Crippen LogP contribution in [-0.2, 0) is 0 Å². The molecule has 0 radical (unpaired) electrons. The van der Waals surface area contributed by atoms with Gasteiger partial charge in [0.05, 0.1) is 29.9 Å². The Labute approximate surface area is 185 Å². The SMILES string of the molecule is COc1cc2c(Nc3cc(O)c(Cl)cc3F)ccnc2cc1OCCCC1CCNC1. The van der Waals surface area contributed by atoms with E-state index < -0.39 is 5.82 Å². The van der Waals surface area contributed by atoms with Gasteiger partial charge < -0.3 is 25.2 Å². The molecule has 31 heavy (non-hydrogen) atoms. The molecule has 1 aliphatic heterocycles. The number of methoxy groups -OCH3 is 1. The molecular formula is C23H25ClFN3O3. The van der Waals surface area contributed by atoms with Gasteiger partial charge in [-0.1, -0.05) is 11.6 Å². The van der Waals surface area contributed by atoms with Crippen LogP contribution in [0.1, 0.15) is 19.3 Å². The minimum absolute atomic E-state index is 0.0460. The van der Waals surface area contributed by atoms with Gasteiger partial charge in [0.15, 0.2) is 11.5 Å². The average molecular weight is 446 g/mol. The van der Waals surface area contributed by atoms with E-state index in [2.05, 4.69) is 15.6 Å². The molecule has 1 saturated heterocycles. The van der Waals surface area contributed by atoms with Gasteiger partial charge in [-0.15, -0.1) is 0 Å². The molecule has 6 nitrogen and oxygen atoms in total. The zero-order chi connectivity index (χ0) is 21.8. The quantitative estimate of drug-likeness (QED) is 0.411. The molecule has 3 aromatic rings. The molecule has 0 amide bonds. The van der Waals surface area contributed by atoms with Crippen LogP contribution in [0.3, 0.4) is 0 Å². The number of halogens is 2. The lowest BCUT2D eigenvalue weighted by Crippen LogP contribution is -2.10. The molecule has 8 heteroatoms. The number of ether oxygens (including phenoxy) is 2. The number of nitrogens with zero attached hydrogens (tertiary/aromatic N) is 1. The standard InChI is InChI=1S/C23H25ClFN3O3/c1-30-22-9-15-18(28-20-11-21(29)16(24)10-17(20)25)5-7-27-19(15)12-23(22)31-8-2-3-14-4-6-26-13-14/h5,7,9-12,14,26,29H,2-4,6,8,13H2,1H3,(H,27,28). The number of benzene rings is 2. The van der Waals surface area contributed by atoms with E-state index in [1.807, 2.05) is 12.1 Å². The number of hydrogen-bond donors (Lipinski definition) is 3. The van der Waals surface area contributed by atoms with Gasteiger partial charge >= 0.3 is 0 Å². The van der Waals surface area contributed by atoms with E-state index in [1.54, 1.807) is 19.4 Å². The van der Waals surface area contributed by atoms with Crippen LogP contribution in [0.15, 0.2) is 36.5 Å². The summed E-state index contributed by atoms with van der Waals surface area (Å²) in [6, 6.07) is 7.68. The fraction of sp³-hybridized carbons (Fsp3) is 0.348. The molecule has 2 aromatic carbocycles. The first kappa shape index (κ1) is 21.5. The van der Waals surface area contributed by atoms with Gasteiger partial charge in [-0.05, 0) is 56.5 Å². The van der Waals surface area contributed by atoms with Crippen LogP contribution < -0.4 is 20.1 Å². The molecule has 0 spiro atoms. The number of pyridine rings is 1. The summed E-state index contributed by atoms with van der Waals surface area (Å²) >= 11 is 5.77. The number of aromatic hydroxyl groups is 1. The Morgan fingerprint density at radius 1 is 1.26 bits per heavy atom.